The van der Waals surface area contributed by atoms with Gasteiger partial charge in [0.05, 0.1) is 22.6 Å². The first-order valence-corrected chi connectivity index (χ1v) is 8.03. The molecular formula is C18H16ClN5. The molecule has 0 radical (unpaired) electrons. The van der Waals surface area contributed by atoms with Crippen molar-refractivity contribution in [1.29, 1.82) is 0 Å². The van der Waals surface area contributed by atoms with Crippen LogP contribution in [0.5, 0.6) is 0 Å². The number of anilines is 1. The first kappa shape index (κ1) is 14.8. The van der Waals surface area contributed by atoms with Crippen molar-refractivity contribution in [3.05, 3.63) is 65.7 Å². The number of halogens is 1. The van der Waals surface area contributed by atoms with Crippen LogP contribution >= 0.6 is 11.6 Å². The number of aromatic amines is 1. The summed E-state index contributed by atoms with van der Waals surface area (Å²) in [6.07, 6.45) is 9.67. The molecule has 0 bridgehead atoms. The maximum absolute atomic E-state index is 6.35. The number of hydrogen-bond donors (Lipinski definition) is 2. The van der Waals surface area contributed by atoms with Gasteiger partial charge < -0.3 is 15.2 Å². The summed E-state index contributed by atoms with van der Waals surface area (Å²) in [6.45, 7) is 0.896. The average molecular weight is 338 g/mol. The molecule has 3 heterocycles. The van der Waals surface area contributed by atoms with Crippen molar-refractivity contribution in [3.63, 3.8) is 0 Å². The molecule has 2 aromatic heterocycles. The van der Waals surface area contributed by atoms with E-state index in [0.717, 1.165) is 28.7 Å². The van der Waals surface area contributed by atoms with Gasteiger partial charge in [-0.05, 0) is 12.1 Å². The van der Waals surface area contributed by atoms with Crippen LogP contribution < -0.4 is 5.32 Å². The molecule has 6 heteroatoms. The second-order valence-corrected chi connectivity index (χ2v) is 6.10. The van der Waals surface area contributed by atoms with Crippen molar-refractivity contribution in [3.8, 4) is 11.3 Å². The van der Waals surface area contributed by atoms with E-state index in [0.29, 0.717) is 16.7 Å². The van der Waals surface area contributed by atoms with E-state index < -0.39 is 0 Å². The Bertz CT molecular complexity index is 957. The lowest BCUT2D eigenvalue weighted by molar-refractivity contribution is 0.500. The fourth-order valence-corrected chi connectivity index (χ4v) is 2.96. The summed E-state index contributed by atoms with van der Waals surface area (Å²) >= 11 is 6.35. The Hall–Kier alpha value is -2.79. The molecule has 120 valence electrons. The number of hydrogen-bond acceptors (Lipinski definition) is 4. The monoisotopic (exact) mass is 337 g/mol. The average Bonchev–Trinajstić information content (AvgIpc) is 3.01. The van der Waals surface area contributed by atoms with Gasteiger partial charge in [-0.25, -0.2) is 9.97 Å². The topological polar surface area (TPSA) is 56.8 Å². The van der Waals surface area contributed by atoms with Gasteiger partial charge in [0.15, 0.2) is 0 Å². The van der Waals surface area contributed by atoms with E-state index in [9.17, 15) is 0 Å². The highest BCUT2D eigenvalue weighted by Crippen LogP contribution is 2.32. The number of H-pyrrole nitrogens is 1. The molecule has 0 unspecified atom stereocenters. The number of benzene rings is 1. The van der Waals surface area contributed by atoms with Crippen LogP contribution in [-0.2, 0) is 0 Å². The Kier molecular flexibility index (Phi) is 3.70. The molecule has 0 fully saturated rings. The lowest BCUT2D eigenvalue weighted by Crippen LogP contribution is -2.17. The normalized spacial score (nSPS) is 14.1. The second kappa shape index (κ2) is 6.02. The molecule has 1 aliphatic heterocycles. The Morgan fingerprint density at radius 3 is 3.04 bits per heavy atom. The minimum atomic E-state index is 0.519. The molecule has 2 N–H and O–H groups in total. The highest BCUT2D eigenvalue weighted by Gasteiger charge is 2.13. The minimum Gasteiger partial charge on any atom is -0.375 e. The Morgan fingerprint density at radius 1 is 1.29 bits per heavy atom. The Balaban J connectivity index is 1.73. The van der Waals surface area contributed by atoms with E-state index in [4.69, 9.17) is 11.6 Å². The van der Waals surface area contributed by atoms with E-state index in [-0.39, 0.29) is 0 Å². The summed E-state index contributed by atoms with van der Waals surface area (Å²) in [5.41, 5.74) is 3.67. The summed E-state index contributed by atoms with van der Waals surface area (Å²) in [4.78, 5) is 14.2. The zero-order valence-corrected chi connectivity index (χ0v) is 13.9. The number of likely N-dealkylation sites (N-methyl/N-ethyl adjacent to an activating group) is 1. The van der Waals surface area contributed by atoms with Gasteiger partial charge in [-0.2, -0.15) is 0 Å². The molecule has 0 aliphatic carbocycles. The highest BCUT2D eigenvalue weighted by molar-refractivity contribution is 6.33. The number of rotatable bonds is 3. The molecule has 0 amide bonds. The zero-order valence-electron chi connectivity index (χ0n) is 13.1. The number of aromatic nitrogens is 3. The fraction of sp³-hybridized carbons (Fsp3) is 0.111. The smallest absolute Gasteiger partial charge is 0.227 e. The zero-order chi connectivity index (χ0) is 16.5. The van der Waals surface area contributed by atoms with Crippen LogP contribution in [0.2, 0.25) is 5.02 Å². The molecule has 0 atom stereocenters. The summed E-state index contributed by atoms with van der Waals surface area (Å²) in [6, 6.07) is 8.07. The van der Waals surface area contributed by atoms with Gasteiger partial charge in [0.1, 0.15) is 0 Å². The van der Waals surface area contributed by atoms with Gasteiger partial charge in [-0.1, -0.05) is 35.9 Å². The van der Waals surface area contributed by atoms with E-state index in [2.05, 4.69) is 31.2 Å². The van der Waals surface area contributed by atoms with Crippen molar-refractivity contribution in [2.45, 2.75) is 0 Å². The molecule has 24 heavy (non-hydrogen) atoms. The maximum atomic E-state index is 6.35. The summed E-state index contributed by atoms with van der Waals surface area (Å²) in [7, 11) is 2.02. The molecule has 0 spiro atoms. The lowest BCUT2D eigenvalue weighted by Gasteiger charge is -2.18. The van der Waals surface area contributed by atoms with Crippen molar-refractivity contribution < 1.29 is 0 Å². The summed E-state index contributed by atoms with van der Waals surface area (Å²) < 4.78 is 0. The van der Waals surface area contributed by atoms with Crippen LogP contribution in [0, 0.1) is 0 Å². The second-order valence-electron chi connectivity index (χ2n) is 5.69. The van der Waals surface area contributed by atoms with Crippen LogP contribution in [0.1, 0.15) is 0 Å². The molecule has 0 saturated heterocycles. The maximum Gasteiger partial charge on any atom is 0.227 e. The minimum absolute atomic E-state index is 0.519. The SMILES string of the molecule is CN1C=C(Nc2ncc(Cl)c(-c3c[nH]c4ccccc34)n2)C=CC1. The van der Waals surface area contributed by atoms with E-state index in [1.807, 2.05) is 49.8 Å². The van der Waals surface area contributed by atoms with Crippen LogP contribution in [-0.4, -0.2) is 33.4 Å². The quantitative estimate of drug-likeness (QED) is 0.757. The van der Waals surface area contributed by atoms with Gasteiger partial charge in [-0.3, -0.25) is 0 Å². The van der Waals surface area contributed by atoms with E-state index >= 15 is 0 Å². The summed E-state index contributed by atoms with van der Waals surface area (Å²) in [5.74, 6) is 0.519. The number of nitrogens with one attached hydrogen (secondary N) is 2. The number of fused-ring (bicyclic) bond motifs is 1. The van der Waals surface area contributed by atoms with E-state index in [1.54, 1.807) is 6.20 Å². The van der Waals surface area contributed by atoms with Gasteiger partial charge in [0.25, 0.3) is 0 Å². The van der Waals surface area contributed by atoms with Crippen molar-refractivity contribution in [2.75, 3.05) is 18.9 Å². The van der Waals surface area contributed by atoms with Crippen LogP contribution in [0.25, 0.3) is 22.2 Å². The largest absolute Gasteiger partial charge is 0.375 e. The van der Waals surface area contributed by atoms with Crippen molar-refractivity contribution >= 4 is 28.5 Å². The van der Waals surface area contributed by atoms with E-state index in [1.165, 1.54) is 0 Å². The Morgan fingerprint density at radius 2 is 2.17 bits per heavy atom. The molecule has 1 aromatic carbocycles. The standard InChI is InChI=1S/C18H16ClN5/c1-24-8-4-5-12(11-24)22-18-21-10-15(19)17(23-18)14-9-20-16-7-3-2-6-13(14)16/h2-7,9-11,20H,8H2,1H3,(H,21,22,23). The lowest BCUT2D eigenvalue weighted by atomic mass is 10.1. The highest BCUT2D eigenvalue weighted by atomic mass is 35.5. The third-order valence-electron chi connectivity index (χ3n) is 3.89. The van der Waals surface area contributed by atoms with Crippen molar-refractivity contribution in [1.82, 2.24) is 19.9 Å². The molecule has 5 nitrogen and oxygen atoms in total. The van der Waals surface area contributed by atoms with Gasteiger partial charge in [0.2, 0.25) is 5.95 Å². The first-order chi connectivity index (χ1) is 11.7. The predicted octanol–water partition coefficient (Wildman–Crippen LogP) is 4.03. The number of nitrogens with zero attached hydrogens (tertiary/aromatic N) is 3. The van der Waals surface area contributed by atoms with Crippen LogP contribution in [0.3, 0.4) is 0 Å². The third-order valence-corrected chi connectivity index (χ3v) is 4.17. The van der Waals surface area contributed by atoms with Gasteiger partial charge in [-0.15, -0.1) is 0 Å². The molecule has 0 saturated carbocycles. The third kappa shape index (κ3) is 2.74. The molecule has 1 aliphatic rings. The van der Waals surface area contributed by atoms with Crippen molar-refractivity contribution in [2.24, 2.45) is 0 Å². The van der Waals surface area contributed by atoms with Crippen LogP contribution in [0.15, 0.2) is 60.7 Å². The number of para-hydroxylation sites is 1. The molecule has 3 aromatic rings. The fourth-order valence-electron chi connectivity index (χ4n) is 2.77. The molecular weight excluding hydrogens is 322 g/mol. The van der Waals surface area contributed by atoms with Crippen LogP contribution in [0.4, 0.5) is 5.95 Å². The summed E-state index contributed by atoms with van der Waals surface area (Å²) in [5, 5.41) is 4.84. The predicted molar refractivity (Wildman–Crippen MR) is 97.8 cm³/mol. The van der Waals surface area contributed by atoms with Gasteiger partial charge in [0, 0.05) is 42.5 Å². The van der Waals surface area contributed by atoms with Gasteiger partial charge >= 0.3 is 0 Å². The molecule has 4 rings (SSSR count). The Labute approximate surface area is 144 Å². The first-order valence-electron chi connectivity index (χ1n) is 7.65. The number of allylic oxidation sites excluding steroid dienone is 1.